The Morgan fingerprint density at radius 1 is 1.14 bits per heavy atom. The van der Waals surface area contributed by atoms with E-state index in [-0.39, 0.29) is 22.1 Å². The summed E-state index contributed by atoms with van der Waals surface area (Å²) < 4.78 is 5.17. The zero-order valence-electron chi connectivity index (χ0n) is 11.4. The van der Waals surface area contributed by atoms with Gasteiger partial charge in [0.25, 0.3) is 5.56 Å². The molecule has 5 nitrogen and oxygen atoms in total. The van der Waals surface area contributed by atoms with E-state index in [9.17, 15) is 9.59 Å². The molecule has 0 fully saturated rings. The minimum absolute atomic E-state index is 0.111. The fourth-order valence-corrected chi connectivity index (χ4v) is 3.13. The van der Waals surface area contributed by atoms with Crippen LogP contribution >= 0.6 is 11.6 Å². The number of carbonyl (C=O) groups is 1. The number of nitrogens with zero attached hydrogens (tertiary/aromatic N) is 1. The molecule has 0 atom stereocenters. The van der Waals surface area contributed by atoms with Gasteiger partial charge in [0.05, 0.1) is 23.8 Å². The van der Waals surface area contributed by atoms with Crippen LogP contribution in [0.5, 0.6) is 5.75 Å². The Kier molecular flexibility index (Phi) is 2.62. The Morgan fingerprint density at radius 2 is 1.95 bits per heavy atom. The Hall–Kier alpha value is -2.66. The van der Waals surface area contributed by atoms with E-state index in [4.69, 9.17) is 16.3 Å². The smallest absolute Gasteiger partial charge is 0.260 e. The van der Waals surface area contributed by atoms with Crippen molar-refractivity contribution in [3.63, 3.8) is 0 Å². The summed E-state index contributed by atoms with van der Waals surface area (Å²) in [7, 11) is 1.55. The lowest BCUT2D eigenvalue weighted by Crippen LogP contribution is -2.16. The van der Waals surface area contributed by atoms with Crippen LogP contribution < -0.4 is 10.3 Å². The summed E-state index contributed by atoms with van der Waals surface area (Å²) in [6, 6.07) is 7.03. The van der Waals surface area contributed by atoms with Crippen molar-refractivity contribution in [2.24, 2.45) is 0 Å². The molecule has 0 bridgehead atoms. The molecule has 0 amide bonds. The molecular weight excluding hydrogens is 304 g/mol. The number of nitrogens with one attached hydrogen (secondary N) is 1. The van der Waals surface area contributed by atoms with Gasteiger partial charge in [-0.05, 0) is 23.8 Å². The molecule has 1 N–H and O–H groups in total. The highest BCUT2D eigenvalue weighted by Crippen LogP contribution is 2.41. The maximum absolute atomic E-state index is 12.5. The summed E-state index contributed by atoms with van der Waals surface area (Å²) in [5.41, 5.74) is 1.81. The van der Waals surface area contributed by atoms with Gasteiger partial charge in [-0.1, -0.05) is 11.6 Å². The number of hydrogen-bond donors (Lipinski definition) is 1. The van der Waals surface area contributed by atoms with Gasteiger partial charge in [0, 0.05) is 23.2 Å². The fraction of sp³-hybridized carbons (Fsp3) is 0.0625. The summed E-state index contributed by atoms with van der Waals surface area (Å²) in [6.07, 6.45) is 1.53. The average molecular weight is 313 g/mol. The zero-order valence-corrected chi connectivity index (χ0v) is 12.2. The third kappa shape index (κ3) is 1.57. The lowest BCUT2D eigenvalue weighted by molar-refractivity contribution is 0.104. The Balaban J connectivity index is 2.20. The third-order valence-electron chi connectivity index (χ3n) is 3.85. The number of aromatic amines is 1. The van der Waals surface area contributed by atoms with Gasteiger partial charge in [-0.3, -0.25) is 9.59 Å². The number of H-pyrrole nitrogens is 1. The number of rotatable bonds is 1. The predicted octanol–water partition coefficient (Wildman–Crippen LogP) is 2.80. The number of benzene rings is 1. The minimum Gasteiger partial charge on any atom is -0.497 e. The van der Waals surface area contributed by atoms with Crippen LogP contribution in [0.1, 0.15) is 15.9 Å². The Bertz CT molecular complexity index is 1020. The van der Waals surface area contributed by atoms with Crippen LogP contribution in [0.15, 0.2) is 35.3 Å². The largest absolute Gasteiger partial charge is 0.497 e. The van der Waals surface area contributed by atoms with Gasteiger partial charge in [0.1, 0.15) is 10.9 Å². The first kappa shape index (κ1) is 13.0. The van der Waals surface area contributed by atoms with Crippen LogP contribution in [0.4, 0.5) is 0 Å². The van der Waals surface area contributed by atoms with Crippen molar-refractivity contribution in [3.05, 3.63) is 57.1 Å². The predicted molar refractivity (Wildman–Crippen MR) is 82.8 cm³/mol. The van der Waals surface area contributed by atoms with E-state index >= 15 is 0 Å². The number of hydrogen-bond acceptors (Lipinski definition) is 4. The molecule has 4 rings (SSSR count). The lowest BCUT2D eigenvalue weighted by atomic mass is 10.0. The molecule has 0 unspecified atom stereocenters. The monoisotopic (exact) mass is 312 g/mol. The number of ether oxygens (including phenoxy) is 1. The second kappa shape index (κ2) is 4.42. The number of methoxy groups -OCH3 is 1. The van der Waals surface area contributed by atoms with Gasteiger partial charge >= 0.3 is 0 Å². The molecule has 108 valence electrons. The number of aromatic nitrogens is 2. The molecule has 0 radical (unpaired) electrons. The van der Waals surface area contributed by atoms with Gasteiger partial charge < -0.3 is 9.72 Å². The SMILES string of the molecule is COc1ccc2c3c(c(=O)[nH]c2c1)C(=O)c1c-3ccnc1Cl. The van der Waals surface area contributed by atoms with Crippen LogP contribution in [0, 0.1) is 0 Å². The maximum atomic E-state index is 12.5. The zero-order chi connectivity index (χ0) is 15.4. The highest BCUT2D eigenvalue weighted by Gasteiger charge is 2.33. The Labute approximate surface area is 129 Å². The molecular formula is C16H9ClN2O3. The van der Waals surface area contributed by atoms with E-state index in [0.717, 1.165) is 5.39 Å². The molecule has 0 aliphatic heterocycles. The molecule has 1 aliphatic carbocycles. The Morgan fingerprint density at radius 3 is 2.73 bits per heavy atom. The van der Waals surface area contributed by atoms with E-state index in [1.54, 1.807) is 25.3 Å². The van der Waals surface area contributed by atoms with Crippen molar-refractivity contribution in [2.75, 3.05) is 7.11 Å². The van der Waals surface area contributed by atoms with Crippen molar-refractivity contribution in [1.82, 2.24) is 9.97 Å². The summed E-state index contributed by atoms with van der Waals surface area (Å²) >= 11 is 6.04. The highest BCUT2D eigenvalue weighted by atomic mass is 35.5. The molecule has 0 saturated carbocycles. The molecule has 2 aromatic heterocycles. The highest BCUT2D eigenvalue weighted by molar-refractivity contribution is 6.37. The van der Waals surface area contributed by atoms with E-state index in [1.165, 1.54) is 6.20 Å². The standard InChI is InChI=1S/C16H9ClN2O3/c1-22-7-2-3-8-10(6-7)19-16(21)13-11(8)9-4-5-18-15(17)12(9)14(13)20/h2-6H,1H3,(H,19,21). The van der Waals surface area contributed by atoms with E-state index < -0.39 is 5.56 Å². The van der Waals surface area contributed by atoms with Gasteiger partial charge in [0.15, 0.2) is 0 Å². The quantitative estimate of drug-likeness (QED) is 0.549. The second-order valence-electron chi connectivity index (χ2n) is 4.97. The van der Waals surface area contributed by atoms with E-state index in [1.807, 2.05) is 6.07 Å². The first-order chi connectivity index (χ1) is 10.6. The van der Waals surface area contributed by atoms with Crippen LogP contribution in [0.25, 0.3) is 22.0 Å². The summed E-state index contributed by atoms with van der Waals surface area (Å²) in [5.74, 6) is 0.238. The molecule has 6 heteroatoms. The van der Waals surface area contributed by atoms with Gasteiger partial charge in [-0.2, -0.15) is 0 Å². The maximum Gasteiger partial charge on any atom is 0.260 e. The number of fused-ring (bicyclic) bond motifs is 5. The molecule has 22 heavy (non-hydrogen) atoms. The number of halogens is 1. The average Bonchev–Trinajstić information content (AvgIpc) is 2.82. The van der Waals surface area contributed by atoms with Crippen LogP contribution in [0.3, 0.4) is 0 Å². The van der Waals surface area contributed by atoms with Crippen molar-refractivity contribution >= 4 is 28.3 Å². The molecule has 3 aromatic rings. The fourth-order valence-electron chi connectivity index (χ4n) is 2.89. The third-order valence-corrected chi connectivity index (χ3v) is 4.14. The van der Waals surface area contributed by atoms with Crippen LogP contribution in [-0.4, -0.2) is 22.9 Å². The molecule has 0 spiro atoms. The second-order valence-corrected chi connectivity index (χ2v) is 5.33. The van der Waals surface area contributed by atoms with E-state index in [2.05, 4.69) is 9.97 Å². The number of pyridine rings is 2. The minimum atomic E-state index is -0.437. The van der Waals surface area contributed by atoms with Crippen molar-refractivity contribution < 1.29 is 9.53 Å². The normalized spacial score (nSPS) is 12.4. The van der Waals surface area contributed by atoms with Gasteiger partial charge in [-0.25, -0.2) is 4.98 Å². The molecule has 1 aromatic carbocycles. The van der Waals surface area contributed by atoms with Crippen molar-refractivity contribution in [3.8, 4) is 16.9 Å². The molecule has 2 heterocycles. The molecule has 1 aliphatic rings. The number of ketones is 1. The van der Waals surface area contributed by atoms with Gasteiger partial charge in [-0.15, -0.1) is 0 Å². The molecule has 0 saturated heterocycles. The van der Waals surface area contributed by atoms with Crippen LogP contribution in [-0.2, 0) is 0 Å². The van der Waals surface area contributed by atoms with Crippen molar-refractivity contribution in [1.29, 1.82) is 0 Å². The number of carbonyl (C=O) groups excluding carboxylic acids is 1. The first-order valence-electron chi connectivity index (χ1n) is 6.55. The van der Waals surface area contributed by atoms with E-state index in [0.29, 0.717) is 22.4 Å². The first-order valence-corrected chi connectivity index (χ1v) is 6.93. The van der Waals surface area contributed by atoms with Gasteiger partial charge in [0.2, 0.25) is 5.78 Å². The summed E-state index contributed by atoms with van der Waals surface area (Å²) in [5, 5.41) is 0.879. The summed E-state index contributed by atoms with van der Waals surface area (Å²) in [6.45, 7) is 0. The van der Waals surface area contributed by atoms with Crippen molar-refractivity contribution in [2.45, 2.75) is 0 Å². The summed E-state index contributed by atoms with van der Waals surface area (Å²) in [4.78, 5) is 31.5. The topological polar surface area (TPSA) is 72.1 Å². The van der Waals surface area contributed by atoms with Crippen LogP contribution in [0.2, 0.25) is 5.15 Å². The lowest BCUT2D eigenvalue weighted by Gasteiger charge is -2.07.